The highest BCUT2D eigenvalue weighted by molar-refractivity contribution is 6.00. The molecule has 37 heavy (non-hydrogen) atoms. The highest BCUT2D eigenvalue weighted by Crippen LogP contribution is 2.35. The van der Waals surface area contributed by atoms with Gasteiger partial charge in [-0.3, -0.25) is 4.79 Å². The van der Waals surface area contributed by atoms with Crippen LogP contribution in [0.3, 0.4) is 0 Å². The maximum Gasteiger partial charge on any atom is 0.257 e. The molecule has 0 radical (unpaired) electrons. The van der Waals surface area contributed by atoms with Crippen molar-refractivity contribution in [1.82, 2.24) is 29.4 Å². The lowest BCUT2D eigenvalue weighted by atomic mass is 9.95. The molecule has 9 heteroatoms. The number of para-hydroxylation sites is 1. The van der Waals surface area contributed by atoms with Crippen molar-refractivity contribution in [2.24, 2.45) is 0 Å². The van der Waals surface area contributed by atoms with E-state index in [1.165, 1.54) is 0 Å². The molecule has 190 valence electrons. The number of ether oxygens (including phenoxy) is 2. The summed E-state index contributed by atoms with van der Waals surface area (Å²) < 4.78 is 15.0. The Hall–Kier alpha value is -4.14. The first-order chi connectivity index (χ1) is 18.2. The second kappa shape index (κ2) is 9.72. The highest BCUT2D eigenvalue weighted by atomic mass is 16.5. The molecule has 0 bridgehead atoms. The van der Waals surface area contributed by atoms with Crippen LogP contribution in [-0.4, -0.2) is 62.7 Å². The number of hydrogen-bond acceptors (Lipinski definition) is 6. The van der Waals surface area contributed by atoms with Crippen molar-refractivity contribution in [3.63, 3.8) is 0 Å². The topological polar surface area (TPSA) is 87.3 Å². The maximum absolute atomic E-state index is 13.9. The number of rotatable bonds is 6. The number of methoxy groups -OCH3 is 2. The lowest BCUT2D eigenvalue weighted by Gasteiger charge is -2.31. The van der Waals surface area contributed by atoms with Gasteiger partial charge in [-0.15, -0.1) is 10.2 Å². The van der Waals surface area contributed by atoms with Crippen LogP contribution >= 0.6 is 0 Å². The molecule has 0 aliphatic carbocycles. The molecule has 0 unspecified atom stereocenters. The maximum atomic E-state index is 13.9. The van der Waals surface area contributed by atoms with Crippen molar-refractivity contribution in [1.29, 1.82) is 0 Å². The number of nitrogens with zero attached hydrogens (tertiary/aromatic N) is 6. The molecule has 6 rings (SSSR count). The van der Waals surface area contributed by atoms with E-state index in [0.717, 1.165) is 55.1 Å². The molecule has 4 heterocycles. The van der Waals surface area contributed by atoms with Gasteiger partial charge in [0.2, 0.25) is 0 Å². The van der Waals surface area contributed by atoms with Crippen molar-refractivity contribution in [3.05, 3.63) is 71.9 Å². The molecule has 0 saturated carbocycles. The number of carbonyl (C=O) groups is 1. The third-order valence-corrected chi connectivity index (χ3v) is 7.41. The van der Waals surface area contributed by atoms with Gasteiger partial charge in [0.1, 0.15) is 17.3 Å². The Labute approximate surface area is 215 Å². The number of amides is 1. The predicted molar refractivity (Wildman–Crippen MR) is 138 cm³/mol. The van der Waals surface area contributed by atoms with Crippen LogP contribution < -0.4 is 9.47 Å². The average molecular weight is 499 g/mol. The predicted octanol–water partition coefficient (Wildman–Crippen LogP) is 4.11. The largest absolute Gasteiger partial charge is 0.493 e. The minimum absolute atomic E-state index is 0.0168. The minimum Gasteiger partial charge on any atom is -0.493 e. The van der Waals surface area contributed by atoms with Crippen LogP contribution in [0.5, 0.6) is 11.5 Å². The molecule has 2 aromatic heterocycles. The van der Waals surface area contributed by atoms with Crippen molar-refractivity contribution in [3.8, 4) is 28.4 Å². The highest BCUT2D eigenvalue weighted by Gasteiger charge is 2.31. The Balaban J connectivity index is 1.30. The first kappa shape index (κ1) is 23.3. The number of carbonyl (C=O) groups excluding carboxylic acids is 1. The van der Waals surface area contributed by atoms with E-state index in [-0.39, 0.29) is 5.91 Å². The summed E-state index contributed by atoms with van der Waals surface area (Å²) in [4.78, 5) is 15.8. The number of fused-ring (bicyclic) bond motifs is 1. The molecule has 0 spiro atoms. The molecule has 2 aliphatic rings. The first-order valence-electron chi connectivity index (χ1n) is 12.7. The summed E-state index contributed by atoms with van der Waals surface area (Å²) in [7, 11) is 3.21. The summed E-state index contributed by atoms with van der Waals surface area (Å²) in [5.74, 6) is 3.72. The fraction of sp³-hybridized carbons (Fsp3) is 0.357. The number of hydrogen-bond donors (Lipinski definition) is 0. The van der Waals surface area contributed by atoms with E-state index >= 15 is 0 Å². The molecular formula is C28H30N6O3. The lowest BCUT2D eigenvalue weighted by molar-refractivity contribution is 0.0711. The van der Waals surface area contributed by atoms with Crippen molar-refractivity contribution in [2.45, 2.75) is 38.1 Å². The van der Waals surface area contributed by atoms with E-state index in [1.54, 1.807) is 18.9 Å². The summed E-state index contributed by atoms with van der Waals surface area (Å²) in [5.41, 5.74) is 2.87. The standard InChI is InChI=1S/C28H30N6O3/c1-36-23-11-10-20(17-24(23)37-2)26-22(18-34(31-26)21-7-4-3-5-8-21)28(35)32-15-12-19(13-16-32)27-30-29-25-9-6-14-33(25)27/h3-5,7-8,10-11,17-19H,6,9,12-16H2,1-2H3. The second-order valence-electron chi connectivity index (χ2n) is 9.54. The van der Waals surface area contributed by atoms with Gasteiger partial charge in [-0.1, -0.05) is 18.2 Å². The molecule has 2 aromatic carbocycles. The van der Waals surface area contributed by atoms with Crippen LogP contribution in [0.1, 0.15) is 47.2 Å². The molecule has 0 N–H and O–H groups in total. The molecular weight excluding hydrogens is 468 g/mol. The average Bonchev–Trinajstić information content (AvgIpc) is 3.69. The van der Waals surface area contributed by atoms with E-state index in [2.05, 4.69) is 14.8 Å². The van der Waals surface area contributed by atoms with Crippen molar-refractivity contribution in [2.75, 3.05) is 27.3 Å². The van der Waals surface area contributed by atoms with Crippen LogP contribution in [0.15, 0.2) is 54.7 Å². The molecule has 1 saturated heterocycles. The first-order valence-corrected chi connectivity index (χ1v) is 12.7. The van der Waals surface area contributed by atoms with Crippen LogP contribution in [0, 0.1) is 0 Å². The van der Waals surface area contributed by atoms with E-state index in [1.807, 2.05) is 59.6 Å². The third kappa shape index (κ3) is 4.24. The monoisotopic (exact) mass is 498 g/mol. The van der Waals surface area contributed by atoms with E-state index in [9.17, 15) is 4.79 Å². The van der Waals surface area contributed by atoms with Crippen molar-refractivity contribution >= 4 is 5.91 Å². The summed E-state index contributed by atoms with van der Waals surface area (Å²) >= 11 is 0. The van der Waals surface area contributed by atoms with E-state index < -0.39 is 0 Å². The van der Waals surface area contributed by atoms with E-state index in [0.29, 0.717) is 41.8 Å². The van der Waals surface area contributed by atoms with Crippen LogP contribution in [0.2, 0.25) is 0 Å². The zero-order chi connectivity index (χ0) is 25.4. The summed E-state index contributed by atoms with van der Waals surface area (Å²) in [6, 6.07) is 15.4. The number of aromatic nitrogens is 5. The zero-order valence-electron chi connectivity index (χ0n) is 21.1. The quantitative estimate of drug-likeness (QED) is 0.398. The Kier molecular flexibility index (Phi) is 6.12. The van der Waals surface area contributed by atoms with Gasteiger partial charge in [0, 0.05) is 43.7 Å². The Morgan fingerprint density at radius 2 is 1.73 bits per heavy atom. The number of piperidine rings is 1. The fourth-order valence-corrected chi connectivity index (χ4v) is 5.43. The molecule has 9 nitrogen and oxygen atoms in total. The molecule has 1 amide bonds. The number of aryl methyl sites for hydroxylation is 1. The van der Waals surface area contributed by atoms with Gasteiger partial charge in [0.05, 0.1) is 25.5 Å². The molecule has 0 atom stereocenters. The minimum atomic E-state index is -0.0168. The third-order valence-electron chi connectivity index (χ3n) is 7.41. The number of benzene rings is 2. The Morgan fingerprint density at radius 3 is 2.49 bits per heavy atom. The Bertz CT molecular complexity index is 1420. The zero-order valence-corrected chi connectivity index (χ0v) is 21.1. The van der Waals surface area contributed by atoms with Gasteiger partial charge < -0.3 is 18.9 Å². The summed E-state index contributed by atoms with van der Waals surface area (Å²) in [6.07, 6.45) is 5.74. The van der Waals surface area contributed by atoms with Gasteiger partial charge >= 0.3 is 0 Å². The van der Waals surface area contributed by atoms with Gasteiger partial charge in [0.15, 0.2) is 11.5 Å². The van der Waals surface area contributed by atoms with Crippen LogP contribution in [0.25, 0.3) is 16.9 Å². The fourth-order valence-electron chi connectivity index (χ4n) is 5.43. The number of likely N-dealkylation sites (tertiary alicyclic amines) is 1. The molecule has 2 aliphatic heterocycles. The summed E-state index contributed by atoms with van der Waals surface area (Å²) in [6.45, 7) is 2.35. The van der Waals surface area contributed by atoms with Crippen LogP contribution in [-0.2, 0) is 13.0 Å². The Morgan fingerprint density at radius 1 is 0.946 bits per heavy atom. The SMILES string of the molecule is COc1ccc(-c2nn(-c3ccccc3)cc2C(=O)N2CCC(c3nnc4n3CCC4)CC2)cc1OC. The normalized spacial score (nSPS) is 15.6. The lowest BCUT2D eigenvalue weighted by Crippen LogP contribution is -2.38. The summed E-state index contributed by atoms with van der Waals surface area (Å²) in [5, 5.41) is 13.7. The smallest absolute Gasteiger partial charge is 0.257 e. The van der Waals surface area contributed by atoms with Gasteiger partial charge in [-0.05, 0) is 49.6 Å². The molecule has 1 fully saturated rings. The van der Waals surface area contributed by atoms with Gasteiger partial charge in [-0.2, -0.15) is 5.10 Å². The van der Waals surface area contributed by atoms with E-state index in [4.69, 9.17) is 14.6 Å². The van der Waals surface area contributed by atoms with Gasteiger partial charge in [0.25, 0.3) is 5.91 Å². The van der Waals surface area contributed by atoms with Crippen LogP contribution in [0.4, 0.5) is 0 Å². The van der Waals surface area contributed by atoms with Gasteiger partial charge in [-0.25, -0.2) is 4.68 Å². The second-order valence-corrected chi connectivity index (χ2v) is 9.54. The molecule has 4 aromatic rings. The van der Waals surface area contributed by atoms with Crippen molar-refractivity contribution < 1.29 is 14.3 Å².